The van der Waals surface area contributed by atoms with E-state index in [2.05, 4.69) is 32.7 Å². The Morgan fingerprint density at radius 2 is 1.76 bits per heavy atom. The molecule has 0 radical (unpaired) electrons. The molecule has 0 amide bonds. The molecule has 1 aliphatic heterocycles. The molecule has 0 atom stereocenters. The van der Waals surface area contributed by atoms with E-state index >= 15 is 0 Å². The molecule has 5 heteroatoms. The number of methoxy groups -OCH3 is 1. The Hall–Kier alpha value is -1.43. The van der Waals surface area contributed by atoms with Gasteiger partial charge in [-0.1, -0.05) is 24.3 Å². The average Bonchev–Trinajstić information content (AvgIpc) is 2.54. The first-order valence-electron chi connectivity index (χ1n) is 7.51. The van der Waals surface area contributed by atoms with Crippen molar-refractivity contribution in [2.24, 2.45) is 5.73 Å². The second kappa shape index (κ2) is 8.12. The van der Waals surface area contributed by atoms with Gasteiger partial charge in [0.15, 0.2) is 0 Å². The summed E-state index contributed by atoms with van der Waals surface area (Å²) in [5.41, 5.74) is 8.34. The molecule has 1 aliphatic rings. The van der Waals surface area contributed by atoms with Gasteiger partial charge in [-0.05, 0) is 11.1 Å². The number of rotatable bonds is 6. The van der Waals surface area contributed by atoms with Crippen LogP contribution in [0.1, 0.15) is 17.5 Å². The molecule has 1 saturated heterocycles. The maximum atomic E-state index is 11.2. The van der Waals surface area contributed by atoms with Crippen LogP contribution in [0.3, 0.4) is 0 Å². The van der Waals surface area contributed by atoms with Crippen LogP contribution >= 0.6 is 0 Å². The smallest absolute Gasteiger partial charge is 0.306 e. The second-order valence-corrected chi connectivity index (χ2v) is 5.42. The van der Waals surface area contributed by atoms with Gasteiger partial charge in [0.25, 0.3) is 0 Å². The normalized spacial score (nSPS) is 16.9. The molecular formula is C16H25N3O2. The van der Waals surface area contributed by atoms with E-state index in [1.165, 1.54) is 18.2 Å². The van der Waals surface area contributed by atoms with Crippen LogP contribution in [0.4, 0.5) is 0 Å². The van der Waals surface area contributed by atoms with E-state index in [-0.39, 0.29) is 5.97 Å². The average molecular weight is 291 g/mol. The predicted octanol–water partition coefficient (Wildman–Crippen LogP) is 0.826. The van der Waals surface area contributed by atoms with E-state index < -0.39 is 0 Å². The van der Waals surface area contributed by atoms with Gasteiger partial charge in [0.05, 0.1) is 13.5 Å². The number of piperazine rings is 1. The van der Waals surface area contributed by atoms with Gasteiger partial charge in [0.1, 0.15) is 0 Å². The molecule has 21 heavy (non-hydrogen) atoms. The first kappa shape index (κ1) is 15.9. The fourth-order valence-corrected chi connectivity index (χ4v) is 2.67. The molecule has 116 valence electrons. The van der Waals surface area contributed by atoms with Crippen LogP contribution < -0.4 is 5.73 Å². The van der Waals surface area contributed by atoms with Crippen LogP contribution in [-0.2, 0) is 22.6 Å². The Labute approximate surface area is 126 Å². The number of benzene rings is 1. The number of carbonyl (C=O) groups is 1. The minimum Gasteiger partial charge on any atom is -0.469 e. The fraction of sp³-hybridized carbons (Fsp3) is 0.562. The van der Waals surface area contributed by atoms with E-state index in [1.54, 1.807) is 0 Å². The van der Waals surface area contributed by atoms with Crippen molar-refractivity contribution >= 4 is 5.97 Å². The van der Waals surface area contributed by atoms with Gasteiger partial charge in [0.2, 0.25) is 0 Å². The van der Waals surface area contributed by atoms with Crippen molar-refractivity contribution in [1.82, 2.24) is 9.80 Å². The van der Waals surface area contributed by atoms with Crippen LogP contribution in [0.25, 0.3) is 0 Å². The molecule has 1 aromatic rings. The van der Waals surface area contributed by atoms with Crippen molar-refractivity contribution in [3.05, 3.63) is 35.4 Å². The summed E-state index contributed by atoms with van der Waals surface area (Å²) in [5, 5.41) is 0. The Bertz CT molecular complexity index is 457. The molecule has 0 saturated carbocycles. The highest BCUT2D eigenvalue weighted by molar-refractivity contribution is 5.69. The largest absolute Gasteiger partial charge is 0.469 e. The van der Waals surface area contributed by atoms with Crippen molar-refractivity contribution in [2.75, 3.05) is 39.8 Å². The number of hydrogen-bond acceptors (Lipinski definition) is 5. The van der Waals surface area contributed by atoms with Crippen molar-refractivity contribution in [1.29, 1.82) is 0 Å². The summed E-state index contributed by atoms with van der Waals surface area (Å²) < 4.78 is 4.68. The number of nitrogens with zero attached hydrogens (tertiary/aromatic N) is 2. The summed E-state index contributed by atoms with van der Waals surface area (Å²) >= 11 is 0. The number of hydrogen-bond donors (Lipinski definition) is 1. The van der Waals surface area contributed by atoms with Gasteiger partial charge in [-0.3, -0.25) is 9.69 Å². The molecule has 0 bridgehead atoms. The highest BCUT2D eigenvalue weighted by atomic mass is 16.5. The third kappa shape index (κ3) is 4.81. The van der Waals surface area contributed by atoms with Gasteiger partial charge in [0, 0.05) is 45.8 Å². The van der Waals surface area contributed by atoms with Gasteiger partial charge in [-0.15, -0.1) is 0 Å². The zero-order valence-electron chi connectivity index (χ0n) is 12.8. The van der Waals surface area contributed by atoms with E-state index in [4.69, 9.17) is 5.73 Å². The zero-order valence-corrected chi connectivity index (χ0v) is 12.8. The number of esters is 1. The molecule has 1 fully saturated rings. The first-order chi connectivity index (χ1) is 10.2. The standard InChI is InChI=1S/C16H25N3O2/c1-21-16(20)6-7-18-8-10-19(11-9-18)13-15-5-3-2-4-14(15)12-17/h2-5H,6-13,17H2,1H3. The van der Waals surface area contributed by atoms with Crippen LogP contribution in [0, 0.1) is 0 Å². The molecule has 5 nitrogen and oxygen atoms in total. The van der Waals surface area contributed by atoms with Crippen molar-refractivity contribution in [2.45, 2.75) is 19.5 Å². The summed E-state index contributed by atoms with van der Waals surface area (Å²) in [5.74, 6) is -0.130. The van der Waals surface area contributed by atoms with Crippen LogP contribution in [-0.4, -0.2) is 55.6 Å². The van der Waals surface area contributed by atoms with Gasteiger partial charge >= 0.3 is 5.97 Å². The summed E-state index contributed by atoms with van der Waals surface area (Å²) in [4.78, 5) is 15.9. The van der Waals surface area contributed by atoms with E-state index in [0.717, 1.165) is 39.3 Å². The molecular weight excluding hydrogens is 266 g/mol. The topological polar surface area (TPSA) is 58.8 Å². The van der Waals surface area contributed by atoms with Crippen molar-refractivity contribution in [3.63, 3.8) is 0 Å². The summed E-state index contributed by atoms with van der Waals surface area (Å²) in [7, 11) is 1.44. The number of nitrogens with two attached hydrogens (primary N) is 1. The Morgan fingerprint density at radius 3 is 2.38 bits per heavy atom. The van der Waals surface area contributed by atoms with E-state index in [1.807, 2.05) is 6.07 Å². The molecule has 1 aromatic carbocycles. The van der Waals surface area contributed by atoms with Crippen molar-refractivity contribution < 1.29 is 9.53 Å². The van der Waals surface area contributed by atoms with E-state index in [9.17, 15) is 4.79 Å². The number of ether oxygens (including phenoxy) is 1. The molecule has 2 N–H and O–H groups in total. The first-order valence-corrected chi connectivity index (χ1v) is 7.51. The minimum atomic E-state index is -0.130. The lowest BCUT2D eigenvalue weighted by molar-refractivity contribution is -0.141. The summed E-state index contributed by atoms with van der Waals surface area (Å²) in [6.45, 7) is 6.40. The second-order valence-electron chi connectivity index (χ2n) is 5.42. The molecule has 0 aliphatic carbocycles. The van der Waals surface area contributed by atoms with Gasteiger partial charge in [-0.2, -0.15) is 0 Å². The molecule has 0 spiro atoms. The molecule has 0 aromatic heterocycles. The predicted molar refractivity (Wildman–Crippen MR) is 82.7 cm³/mol. The Balaban J connectivity index is 1.77. The van der Waals surface area contributed by atoms with Crippen molar-refractivity contribution in [3.8, 4) is 0 Å². The highest BCUT2D eigenvalue weighted by Crippen LogP contribution is 2.13. The van der Waals surface area contributed by atoms with Gasteiger partial charge in [-0.25, -0.2) is 0 Å². The maximum absolute atomic E-state index is 11.2. The van der Waals surface area contributed by atoms with Crippen LogP contribution in [0.15, 0.2) is 24.3 Å². The molecule has 0 unspecified atom stereocenters. The SMILES string of the molecule is COC(=O)CCN1CCN(Cc2ccccc2CN)CC1. The minimum absolute atomic E-state index is 0.130. The van der Waals surface area contributed by atoms with Crippen LogP contribution in [0.2, 0.25) is 0 Å². The molecule has 1 heterocycles. The number of carbonyl (C=O) groups excluding carboxylic acids is 1. The van der Waals surface area contributed by atoms with Gasteiger partial charge < -0.3 is 15.4 Å². The lowest BCUT2D eigenvalue weighted by Crippen LogP contribution is -2.46. The Kier molecular flexibility index (Phi) is 6.17. The fourth-order valence-electron chi connectivity index (χ4n) is 2.67. The zero-order chi connectivity index (χ0) is 15.1. The van der Waals surface area contributed by atoms with Crippen LogP contribution in [0.5, 0.6) is 0 Å². The third-order valence-corrected chi connectivity index (χ3v) is 4.06. The third-order valence-electron chi connectivity index (χ3n) is 4.06. The lowest BCUT2D eigenvalue weighted by Gasteiger charge is -2.34. The highest BCUT2D eigenvalue weighted by Gasteiger charge is 2.18. The maximum Gasteiger partial charge on any atom is 0.306 e. The summed E-state index contributed by atoms with van der Waals surface area (Å²) in [6, 6.07) is 8.37. The summed E-state index contributed by atoms with van der Waals surface area (Å²) in [6.07, 6.45) is 0.479. The Morgan fingerprint density at radius 1 is 1.14 bits per heavy atom. The monoisotopic (exact) mass is 291 g/mol. The molecule has 2 rings (SSSR count). The lowest BCUT2D eigenvalue weighted by atomic mass is 10.1. The quantitative estimate of drug-likeness (QED) is 0.787. The van der Waals surface area contributed by atoms with E-state index in [0.29, 0.717) is 13.0 Å².